The van der Waals surface area contributed by atoms with Crippen LogP contribution in [0.4, 0.5) is 0 Å². The highest BCUT2D eigenvalue weighted by Gasteiger charge is 2.18. The van der Waals surface area contributed by atoms with Crippen molar-refractivity contribution in [2.75, 3.05) is 5.75 Å². The zero-order valence-electron chi connectivity index (χ0n) is 10.2. The summed E-state index contributed by atoms with van der Waals surface area (Å²) < 4.78 is 5.54. The zero-order valence-corrected chi connectivity index (χ0v) is 11.7. The highest BCUT2D eigenvalue weighted by molar-refractivity contribution is 7.99. The summed E-state index contributed by atoms with van der Waals surface area (Å²) in [5.41, 5.74) is 5.30. The Hall–Kier alpha value is -1.04. The second-order valence-electron chi connectivity index (χ2n) is 3.73. The van der Waals surface area contributed by atoms with Crippen LogP contribution in [0.2, 0.25) is 0 Å². The van der Waals surface area contributed by atoms with Gasteiger partial charge >= 0.3 is 0 Å². The number of rotatable bonds is 5. The largest absolute Gasteiger partial charge is 1.00 e. The van der Waals surface area contributed by atoms with Gasteiger partial charge in [0.05, 0.1) is 0 Å². The Kier molecular flexibility index (Phi) is 6.18. The van der Waals surface area contributed by atoms with Crippen molar-refractivity contribution in [2.24, 2.45) is 0 Å². The molecule has 3 N–H and O–H groups in total. The van der Waals surface area contributed by atoms with Crippen LogP contribution in [0.25, 0.3) is 0 Å². The van der Waals surface area contributed by atoms with E-state index in [1.807, 2.05) is 18.2 Å². The Morgan fingerprint density at radius 3 is 2.67 bits per heavy atom. The number of quaternary nitrogens is 1. The summed E-state index contributed by atoms with van der Waals surface area (Å²) in [6, 6.07) is 10.2. The molecule has 0 spiro atoms. The fourth-order valence-corrected chi connectivity index (χ4v) is 2.04. The first-order valence-corrected chi connectivity index (χ1v) is 6.61. The van der Waals surface area contributed by atoms with Gasteiger partial charge in [0.15, 0.2) is 6.04 Å². The first kappa shape index (κ1) is 15.0. The van der Waals surface area contributed by atoms with E-state index in [2.05, 4.69) is 35.0 Å². The number of halogens is 1. The predicted octanol–water partition coefficient (Wildman–Crippen LogP) is -1.29. The lowest BCUT2D eigenvalue weighted by Crippen LogP contribution is -3.00. The van der Waals surface area contributed by atoms with Crippen molar-refractivity contribution < 1.29 is 22.6 Å². The molecule has 0 saturated carbocycles. The van der Waals surface area contributed by atoms with Gasteiger partial charge in [-0.25, -0.2) is 0 Å². The topological polar surface area (TPSA) is 66.6 Å². The van der Waals surface area contributed by atoms with Crippen LogP contribution in [0, 0.1) is 0 Å². The maximum absolute atomic E-state index is 5.54. The van der Waals surface area contributed by atoms with Gasteiger partial charge < -0.3 is 22.6 Å². The van der Waals surface area contributed by atoms with Crippen LogP contribution >= 0.6 is 11.8 Å². The first-order chi connectivity index (χ1) is 8.29. The van der Waals surface area contributed by atoms with Crippen molar-refractivity contribution in [3.8, 4) is 0 Å². The minimum absolute atomic E-state index is 0. The molecule has 0 radical (unpaired) electrons. The predicted molar refractivity (Wildman–Crippen MR) is 66.5 cm³/mol. The smallest absolute Gasteiger partial charge is 0.276 e. The Labute approximate surface area is 117 Å². The zero-order chi connectivity index (χ0) is 12.1. The molecule has 1 heterocycles. The number of benzene rings is 1. The Bertz CT molecular complexity index is 463. The Morgan fingerprint density at radius 1 is 1.28 bits per heavy atom. The van der Waals surface area contributed by atoms with Gasteiger partial charge in [0.25, 0.3) is 11.1 Å². The molecule has 0 bridgehead atoms. The van der Waals surface area contributed by atoms with Gasteiger partial charge in [-0.2, -0.15) is 0 Å². The van der Waals surface area contributed by atoms with Crippen LogP contribution in [0.1, 0.15) is 24.4 Å². The van der Waals surface area contributed by atoms with Crippen LogP contribution in [0.5, 0.6) is 0 Å². The van der Waals surface area contributed by atoms with Crippen molar-refractivity contribution in [1.82, 2.24) is 10.2 Å². The summed E-state index contributed by atoms with van der Waals surface area (Å²) in [4.78, 5) is 0. The van der Waals surface area contributed by atoms with Gasteiger partial charge in [0.2, 0.25) is 0 Å². The van der Waals surface area contributed by atoms with E-state index in [0.29, 0.717) is 11.1 Å². The molecule has 1 aromatic heterocycles. The van der Waals surface area contributed by atoms with Gasteiger partial charge in [0.1, 0.15) is 0 Å². The van der Waals surface area contributed by atoms with E-state index in [1.54, 1.807) is 11.8 Å². The number of hydrogen-bond acceptors (Lipinski definition) is 4. The number of nitrogens with zero attached hydrogens (tertiary/aromatic N) is 2. The molecule has 1 aromatic carbocycles. The van der Waals surface area contributed by atoms with Crippen LogP contribution in [0.3, 0.4) is 0 Å². The van der Waals surface area contributed by atoms with Gasteiger partial charge in [-0.3, -0.25) is 0 Å². The van der Waals surface area contributed by atoms with Crippen LogP contribution < -0.4 is 18.1 Å². The molecule has 98 valence electrons. The summed E-state index contributed by atoms with van der Waals surface area (Å²) in [5, 5.41) is 8.63. The highest BCUT2D eigenvalue weighted by Crippen LogP contribution is 2.19. The van der Waals surface area contributed by atoms with Gasteiger partial charge in [-0.05, 0) is 11.3 Å². The Morgan fingerprint density at radius 2 is 2.00 bits per heavy atom. The van der Waals surface area contributed by atoms with Crippen molar-refractivity contribution in [3.05, 3.63) is 41.8 Å². The molecule has 0 aliphatic carbocycles. The Balaban J connectivity index is 0.00000162. The van der Waals surface area contributed by atoms with Gasteiger partial charge in [-0.1, -0.05) is 49.0 Å². The minimum Gasteiger partial charge on any atom is -1.00 e. The maximum Gasteiger partial charge on any atom is 0.276 e. The summed E-state index contributed by atoms with van der Waals surface area (Å²) in [6.07, 6.45) is 0.819. The number of aromatic nitrogens is 2. The quantitative estimate of drug-likeness (QED) is 0.695. The van der Waals surface area contributed by atoms with Crippen molar-refractivity contribution in [3.63, 3.8) is 0 Å². The van der Waals surface area contributed by atoms with Crippen LogP contribution in [0.15, 0.2) is 40.0 Å². The molecular formula is C12H16ClN3OS. The van der Waals surface area contributed by atoms with Crippen molar-refractivity contribution in [2.45, 2.75) is 24.6 Å². The molecule has 0 fully saturated rings. The minimum atomic E-state index is 0. The molecule has 0 aliphatic heterocycles. The molecule has 2 rings (SSSR count). The van der Waals surface area contributed by atoms with Gasteiger partial charge in [-0.15, -0.1) is 10.2 Å². The fourth-order valence-electron chi connectivity index (χ4n) is 1.55. The summed E-state index contributed by atoms with van der Waals surface area (Å²) in [7, 11) is 0. The number of hydrogen-bond donors (Lipinski definition) is 1. The van der Waals surface area contributed by atoms with Crippen molar-refractivity contribution >= 4 is 11.8 Å². The molecule has 0 amide bonds. The molecule has 18 heavy (non-hydrogen) atoms. The standard InChI is InChI=1S/C12H15N3OS.ClH/c1-2-17-12-15-14-11(16-12)10(13)8-9-6-4-3-5-7-9;/h3-7,10H,2,8,13H2,1H3;1H/t10-;/m0./s1. The third kappa shape index (κ3) is 4.01. The summed E-state index contributed by atoms with van der Waals surface area (Å²) in [5.74, 6) is 1.55. The average molecular weight is 286 g/mol. The van der Waals surface area contributed by atoms with Crippen LogP contribution in [-0.2, 0) is 6.42 Å². The second-order valence-corrected chi connectivity index (χ2v) is 4.94. The lowest BCUT2D eigenvalue weighted by atomic mass is 10.1. The summed E-state index contributed by atoms with van der Waals surface area (Å²) in [6.45, 7) is 2.06. The van der Waals surface area contributed by atoms with Crippen molar-refractivity contribution in [1.29, 1.82) is 0 Å². The monoisotopic (exact) mass is 285 g/mol. The second kappa shape index (κ2) is 7.41. The molecule has 4 nitrogen and oxygen atoms in total. The third-order valence-corrected chi connectivity index (χ3v) is 3.06. The molecule has 6 heteroatoms. The van der Waals surface area contributed by atoms with E-state index in [0.717, 1.165) is 12.2 Å². The molecule has 0 saturated heterocycles. The van der Waals surface area contributed by atoms with E-state index < -0.39 is 0 Å². The van der Waals surface area contributed by atoms with E-state index in [1.165, 1.54) is 5.56 Å². The van der Waals surface area contributed by atoms with E-state index in [-0.39, 0.29) is 18.4 Å². The average Bonchev–Trinajstić information content (AvgIpc) is 2.79. The lowest BCUT2D eigenvalue weighted by Gasteiger charge is -2.03. The van der Waals surface area contributed by atoms with E-state index >= 15 is 0 Å². The normalized spacial score (nSPS) is 11.9. The molecular weight excluding hydrogens is 270 g/mol. The molecule has 0 unspecified atom stereocenters. The third-order valence-electron chi connectivity index (χ3n) is 2.36. The number of thioether (sulfide) groups is 1. The molecule has 2 aromatic rings. The molecule has 1 atom stereocenters. The summed E-state index contributed by atoms with van der Waals surface area (Å²) >= 11 is 1.55. The SMILES string of the molecule is CCSc1nnc([C@@H]([NH3+])Cc2ccccc2)o1.[Cl-]. The maximum atomic E-state index is 5.54. The molecule has 0 aliphatic rings. The van der Waals surface area contributed by atoms with Gasteiger partial charge in [0, 0.05) is 6.42 Å². The first-order valence-electron chi connectivity index (χ1n) is 5.62. The van der Waals surface area contributed by atoms with E-state index in [4.69, 9.17) is 4.42 Å². The van der Waals surface area contributed by atoms with Crippen LogP contribution in [-0.4, -0.2) is 16.0 Å². The highest BCUT2D eigenvalue weighted by atomic mass is 35.5. The lowest BCUT2D eigenvalue weighted by molar-refractivity contribution is -0.431. The van der Waals surface area contributed by atoms with E-state index in [9.17, 15) is 0 Å². The fraction of sp³-hybridized carbons (Fsp3) is 0.333.